The van der Waals surface area contributed by atoms with Crippen molar-refractivity contribution in [2.24, 2.45) is 5.92 Å². The van der Waals surface area contributed by atoms with Gasteiger partial charge in [-0.25, -0.2) is 9.18 Å². The smallest absolute Gasteiger partial charge is 0.315 e. The molecule has 3 amide bonds. The molecule has 1 unspecified atom stereocenters. The lowest BCUT2D eigenvalue weighted by Gasteiger charge is -2.22. The summed E-state index contributed by atoms with van der Waals surface area (Å²) in [6.07, 6.45) is 0. The van der Waals surface area contributed by atoms with Gasteiger partial charge in [-0.1, -0.05) is 44.2 Å². The number of aromatic nitrogens is 4. The summed E-state index contributed by atoms with van der Waals surface area (Å²) in [5, 5.41) is 19.1. The predicted octanol–water partition coefficient (Wildman–Crippen LogP) is 2.57. The molecule has 0 radical (unpaired) electrons. The third-order valence-electron chi connectivity index (χ3n) is 4.61. The van der Waals surface area contributed by atoms with Gasteiger partial charge in [0.25, 0.3) is 0 Å². The zero-order chi connectivity index (χ0) is 22.4. The van der Waals surface area contributed by atoms with Gasteiger partial charge in [-0.2, -0.15) is 4.68 Å². The Morgan fingerprint density at radius 1 is 1.13 bits per heavy atom. The first-order valence-corrected chi connectivity index (χ1v) is 9.79. The van der Waals surface area contributed by atoms with Gasteiger partial charge >= 0.3 is 6.03 Å². The van der Waals surface area contributed by atoms with Gasteiger partial charge in [0.1, 0.15) is 11.9 Å². The molecule has 1 heterocycles. The molecular formula is C21H24FN7O2. The summed E-state index contributed by atoms with van der Waals surface area (Å²) in [7, 11) is 0. The van der Waals surface area contributed by atoms with E-state index in [4.69, 9.17) is 0 Å². The minimum absolute atomic E-state index is 0.0328. The molecule has 0 aliphatic carbocycles. The molecule has 3 N–H and O–H groups in total. The fourth-order valence-electron chi connectivity index (χ4n) is 2.93. The van der Waals surface area contributed by atoms with E-state index in [-0.39, 0.29) is 11.6 Å². The second-order valence-electron chi connectivity index (χ2n) is 7.33. The van der Waals surface area contributed by atoms with Crippen LogP contribution in [0.1, 0.15) is 25.2 Å². The molecule has 3 rings (SSSR count). The van der Waals surface area contributed by atoms with Crippen molar-refractivity contribution in [1.82, 2.24) is 30.8 Å². The van der Waals surface area contributed by atoms with Crippen molar-refractivity contribution in [3.8, 4) is 5.69 Å². The Labute approximate surface area is 179 Å². The number of hydrogen-bond donors (Lipinski definition) is 3. The number of amides is 3. The maximum absolute atomic E-state index is 14.3. The van der Waals surface area contributed by atoms with E-state index < -0.39 is 23.8 Å². The third kappa shape index (κ3) is 5.62. The molecule has 0 spiro atoms. The zero-order valence-corrected chi connectivity index (χ0v) is 17.5. The predicted molar refractivity (Wildman–Crippen MR) is 113 cm³/mol. The standard InChI is InChI=1S/C21H24FN7O2/c1-13(2)19(25-21(31)23-12-15-7-5-4-6-8-15)20(30)24-18-11-16(9-10-17(18)22)29-14(3)26-27-28-29/h4-11,13,19H,12H2,1-3H3,(H,24,30)(H2,23,25,31). The van der Waals surface area contributed by atoms with Crippen LogP contribution in [0.4, 0.5) is 14.9 Å². The van der Waals surface area contributed by atoms with Gasteiger partial charge in [0.15, 0.2) is 5.82 Å². The minimum Gasteiger partial charge on any atom is -0.334 e. The number of rotatable bonds is 7. The molecule has 0 saturated carbocycles. The average molecular weight is 425 g/mol. The molecule has 1 atom stereocenters. The first-order chi connectivity index (χ1) is 14.8. The SMILES string of the molecule is Cc1nnnn1-c1ccc(F)c(NC(=O)C(NC(=O)NCc2ccccc2)C(C)C)c1. The molecule has 0 fully saturated rings. The minimum atomic E-state index is -0.867. The number of tetrazole rings is 1. The number of benzene rings is 2. The van der Waals surface area contributed by atoms with Gasteiger partial charge in [0.2, 0.25) is 5.91 Å². The second kappa shape index (κ2) is 9.79. The van der Waals surface area contributed by atoms with Gasteiger partial charge in [-0.3, -0.25) is 4.79 Å². The monoisotopic (exact) mass is 425 g/mol. The molecule has 10 heteroatoms. The van der Waals surface area contributed by atoms with Gasteiger partial charge < -0.3 is 16.0 Å². The maximum atomic E-state index is 14.3. The van der Waals surface area contributed by atoms with E-state index in [1.807, 2.05) is 30.3 Å². The first kappa shape index (κ1) is 21.9. The number of aryl methyl sites for hydroxylation is 1. The lowest BCUT2D eigenvalue weighted by atomic mass is 10.0. The summed E-state index contributed by atoms with van der Waals surface area (Å²) in [5.41, 5.74) is 1.39. The van der Waals surface area contributed by atoms with E-state index in [9.17, 15) is 14.0 Å². The fourth-order valence-corrected chi connectivity index (χ4v) is 2.93. The number of carbonyl (C=O) groups excluding carboxylic acids is 2. The van der Waals surface area contributed by atoms with Crippen LogP contribution in [0.15, 0.2) is 48.5 Å². The molecule has 31 heavy (non-hydrogen) atoms. The van der Waals surface area contributed by atoms with Crippen molar-refractivity contribution in [2.45, 2.75) is 33.4 Å². The molecule has 0 bridgehead atoms. The van der Waals surface area contributed by atoms with E-state index >= 15 is 0 Å². The van der Waals surface area contributed by atoms with Crippen molar-refractivity contribution >= 4 is 17.6 Å². The number of hydrogen-bond acceptors (Lipinski definition) is 5. The topological polar surface area (TPSA) is 114 Å². The molecule has 9 nitrogen and oxygen atoms in total. The highest BCUT2D eigenvalue weighted by atomic mass is 19.1. The van der Waals surface area contributed by atoms with Crippen LogP contribution in [-0.4, -0.2) is 38.2 Å². The van der Waals surface area contributed by atoms with Crippen molar-refractivity contribution in [3.63, 3.8) is 0 Å². The van der Waals surface area contributed by atoms with Crippen LogP contribution in [0.3, 0.4) is 0 Å². The highest BCUT2D eigenvalue weighted by molar-refractivity contribution is 5.97. The molecular weight excluding hydrogens is 401 g/mol. The normalized spacial score (nSPS) is 11.8. The van der Waals surface area contributed by atoms with Crippen molar-refractivity contribution in [1.29, 1.82) is 0 Å². The number of carbonyl (C=O) groups is 2. The number of halogens is 1. The highest BCUT2D eigenvalue weighted by Crippen LogP contribution is 2.20. The van der Waals surface area contributed by atoms with Crippen LogP contribution < -0.4 is 16.0 Å². The molecule has 0 aliphatic rings. The average Bonchev–Trinajstić information content (AvgIpc) is 3.18. The van der Waals surface area contributed by atoms with E-state index in [1.165, 1.54) is 22.9 Å². The Balaban J connectivity index is 1.68. The van der Waals surface area contributed by atoms with Crippen molar-refractivity contribution in [2.75, 3.05) is 5.32 Å². The summed E-state index contributed by atoms with van der Waals surface area (Å²) in [5.74, 6) is -0.857. The van der Waals surface area contributed by atoms with Crippen LogP contribution in [0.25, 0.3) is 5.69 Å². The second-order valence-corrected chi connectivity index (χ2v) is 7.33. The maximum Gasteiger partial charge on any atom is 0.315 e. The lowest BCUT2D eigenvalue weighted by Crippen LogP contribution is -2.50. The molecule has 3 aromatic rings. The molecule has 162 valence electrons. The van der Waals surface area contributed by atoms with E-state index in [2.05, 4.69) is 31.5 Å². The Morgan fingerprint density at radius 3 is 2.52 bits per heavy atom. The van der Waals surface area contributed by atoms with Gasteiger partial charge in [-0.05, 0) is 47.0 Å². The molecule has 1 aromatic heterocycles. The lowest BCUT2D eigenvalue weighted by molar-refractivity contribution is -0.118. The van der Waals surface area contributed by atoms with Gasteiger partial charge in [0, 0.05) is 6.54 Å². The first-order valence-electron chi connectivity index (χ1n) is 9.79. The van der Waals surface area contributed by atoms with Gasteiger partial charge in [-0.15, -0.1) is 5.10 Å². The summed E-state index contributed by atoms with van der Waals surface area (Å²) >= 11 is 0. The number of anilines is 1. The molecule has 0 saturated heterocycles. The van der Waals surface area contributed by atoms with Crippen LogP contribution in [-0.2, 0) is 11.3 Å². The van der Waals surface area contributed by atoms with E-state index in [1.54, 1.807) is 20.8 Å². The Bertz CT molecular complexity index is 1050. The summed E-state index contributed by atoms with van der Waals surface area (Å²) in [4.78, 5) is 25.1. The zero-order valence-electron chi connectivity index (χ0n) is 17.5. The number of urea groups is 1. The molecule has 0 aliphatic heterocycles. The van der Waals surface area contributed by atoms with E-state index in [0.29, 0.717) is 18.1 Å². The van der Waals surface area contributed by atoms with Crippen LogP contribution in [0.5, 0.6) is 0 Å². The Morgan fingerprint density at radius 2 is 1.87 bits per heavy atom. The number of nitrogens with zero attached hydrogens (tertiary/aromatic N) is 4. The van der Waals surface area contributed by atoms with Gasteiger partial charge in [0.05, 0.1) is 11.4 Å². The number of nitrogens with one attached hydrogen (secondary N) is 3. The summed E-state index contributed by atoms with van der Waals surface area (Å²) in [6, 6.07) is 12.2. The van der Waals surface area contributed by atoms with Crippen LogP contribution in [0.2, 0.25) is 0 Å². The Hall–Kier alpha value is -3.82. The van der Waals surface area contributed by atoms with Crippen LogP contribution >= 0.6 is 0 Å². The van der Waals surface area contributed by atoms with Crippen LogP contribution in [0, 0.1) is 18.7 Å². The highest BCUT2D eigenvalue weighted by Gasteiger charge is 2.25. The summed E-state index contributed by atoms with van der Waals surface area (Å²) in [6.45, 7) is 5.60. The summed E-state index contributed by atoms with van der Waals surface area (Å²) < 4.78 is 15.8. The quantitative estimate of drug-likeness (QED) is 0.538. The Kier molecular flexibility index (Phi) is 6.91. The fraction of sp³-hybridized carbons (Fsp3) is 0.286. The van der Waals surface area contributed by atoms with E-state index in [0.717, 1.165) is 5.56 Å². The van der Waals surface area contributed by atoms with Crippen molar-refractivity contribution < 1.29 is 14.0 Å². The molecule has 2 aromatic carbocycles. The third-order valence-corrected chi connectivity index (χ3v) is 4.61. The van der Waals surface area contributed by atoms with Crippen molar-refractivity contribution in [3.05, 3.63) is 65.7 Å². The largest absolute Gasteiger partial charge is 0.334 e.